The zero-order valence-electron chi connectivity index (χ0n) is 10.9. The molecule has 0 saturated heterocycles. The predicted octanol–water partition coefficient (Wildman–Crippen LogP) is 4.18. The van der Waals surface area contributed by atoms with Crippen LogP contribution in [0.5, 0.6) is 0 Å². The maximum atomic E-state index is 5.95. The molecule has 0 aromatic rings. The lowest BCUT2D eigenvalue weighted by molar-refractivity contribution is -0.0456. The Kier molecular flexibility index (Phi) is 4.39. The third-order valence-corrected chi connectivity index (χ3v) is 3.24. The van der Waals surface area contributed by atoms with Crippen molar-refractivity contribution in [3.63, 3.8) is 0 Å². The molecule has 1 aliphatic carbocycles. The fourth-order valence-electron chi connectivity index (χ4n) is 2.15. The minimum Gasteiger partial charge on any atom is -0.369 e. The number of hydrogen-bond donors (Lipinski definition) is 0. The van der Waals surface area contributed by atoms with Gasteiger partial charge >= 0.3 is 0 Å². The van der Waals surface area contributed by atoms with E-state index in [9.17, 15) is 0 Å². The van der Waals surface area contributed by atoms with Crippen LogP contribution < -0.4 is 0 Å². The van der Waals surface area contributed by atoms with Gasteiger partial charge in [0.1, 0.15) is 0 Å². The van der Waals surface area contributed by atoms with Gasteiger partial charge in [-0.3, -0.25) is 0 Å². The van der Waals surface area contributed by atoms with Gasteiger partial charge in [0, 0.05) is 0 Å². The van der Waals surface area contributed by atoms with Crippen LogP contribution in [0.1, 0.15) is 53.9 Å². The highest BCUT2D eigenvalue weighted by atomic mass is 16.5. The van der Waals surface area contributed by atoms with E-state index in [4.69, 9.17) is 4.74 Å². The third-order valence-electron chi connectivity index (χ3n) is 3.24. The minimum absolute atomic E-state index is 0.0157. The second-order valence-corrected chi connectivity index (χ2v) is 5.78. The predicted molar refractivity (Wildman–Crippen MR) is 65.9 cm³/mol. The molecule has 15 heavy (non-hydrogen) atoms. The van der Waals surface area contributed by atoms with Gasteiger partial charge in [-0.15, -0.1) is 0 Å². The first-order valence-corrected chi connectivity index (χ1v) is 6.28. The van der Waals surface area contributed by atoms with Crippen molar-refractivity contribution in [1.82, 2.24) is 0 Å². The van der Waals surface area contributed by atoms with Gasteiger partial charge in [0.15, 0.2) is 0 Å². The molecular weight excluding hydrogens is 184 g/mol. The molecule has 3 atom stereocenters. The first-order chi connectivity index (χ1) is 6.92. The topological polar surface area (TPSA) is 9.23 Å². The van der Waals surface area contributed by atoms with E-state index >= 15 is 0 Å². The quantitative estimate of drug-likeness (QED) is 0.635. The van der Waals surface area contributed by atoms with Crippen molar-refractivity contribution in [2.45, 2.75) is 65.6 Å². The van der Waals surface area contributed by atoms with Gasteiger partial charge in [-0.25, -0.2) is 0 Å². The van der Waals surface area contributed by atoms with Gasteiger partial charge in [-0.2, -0.15) is 0 Å². The number of rotatable bonds is 3. The van der Waals surface area contributed by atoms with Crippen LogP contribution in [0.3, 0.4) is 0 Å². The van der Waals surface area contributed by atoms with Crippen molar-refractivity contribution >= 4 is 0 Å². The molecule has 0 N–H and O–H groups in total. The zero-order chi connectivity index (χ0) is 11.5. The Bertz CT molecular complexity index is 212. The Morgan fingerprint density at radius 1 is 1.27 bits per heavy atom. The molecule has 0 amide bonds. The van der Waals surface area contributed by atoms with E-state index in [1.807, 2.05) is 0 Å². The Labute approximate surface area is 94.9 Å². The normalized spacial score (nSPS) is 29.1. The Balaban J connectivity index is 2.44. The van der Waals surface area contributed by atoms with E-state index < -0.39 is 0 Å². The van der Waals surface area contributed by atoms with Gasteiger partial charge < -0.3 is 4.74 Å². The van der Waals surface area contributed by atoms with E-state index in [2.05, 4.69) is 46.8 Å². The molecule has 1 heteroatoms. The third kappa shape index (κ3) is 4.38. The first-order valence-electron chi connectivity index (χ1n) is 6.28. The number of allylic oxidation sites excluding steroid dienone is 1. The molecule has 1 rings (SSSR count). The summed E-state index contributed by atoms with van der Waals surface area (Å²) >= 11 is 0. The fourth-order valence-corrected chi connectivity index (χ4v) is 2.15. The van der Waals surface area contributed by atoms with E-state index in [-0.39, 0.29) is 5.60 Å². The van der Waals surface area contributed by atoms with E-state index in [0.29, 0.717) is 6.10 Å². The highest BCUT2D eigenvalue weighted by molar-refractivity contribution is 5.01. The van der Waals surface area contributed by atoms with Crippen LogP contribution >= 0.6 is 0 Å². The molecular formula is C14H26O. The van der Waals surface area contributed by atoms with Gasteiger partial charge in [0.25, 0.3) is 0 Å². The van der Waals surface area contributed by atoms with E-state index in [1.165, 1.54) is 19.3 Å². The van der Waals surface area contributed by atoms with Crippen molar-refractivity contribution in [2.24, 2.45) is 11.8 Å². The number of ether oxygens (including phenoxy) is 1. The fraction of sp³-hybridized carbons (Fsp3) is 0.857. The van der Waals surface area contributed by atoms with Crippen molar-refractivity contribution < 1.29 is 4.74 Å². The van der Waals surface area contributed by atoms with Crippen LogP contribution in [-0.2, 0) is 4.74 Å². The summed E-state index contributed by atoms with van der Waals surface area (Å²) in [5.74, 6) is 1.59. The molecule has 1 nitrogen and oxygen atoms in total. The molecule has 0 aromatic heterocycles. The summed E-state index contributed by atoms with van der Waals surface area (Å²) in [6.45, 7) is 11.0. The Morgan fingerprint density at radius 3 is 2.33 bits per heavy atom. The molecule has 0 bridgehead atoms. The molecule has 0 fully saturated rings. The number of hydrogen-bond acceptors (Lipinski definition) is 1. The second-order valence-electron chi connectivity index (χ2n) is 5.78. The summed E-state index contributed by atoms with van der Waals surface area (Å²) in [7, 11) is 0. The lowest BCUT2D eigenvalue weighted by Crippen LogP contribution is -2.29. The minimum atomic E-state index is -0.0157. The molecule has 0 radical (unpaired) electrons. The SMILES string of the molecule is CCC(C)C1C=C[C@@H](OC(C)(C)C)CC1. The average molecular weight is 210 g/mol. The summed E-state index contributed by atoms with van der Waals surface area (Å²) in [6, 6.07) is 0. The Hall–Kier alpha value is -0.300. The van der Waals surface area contributed by atoms with E-state index in [0.717, 1.165) is 11.8 Å². The van der Waals surface area contributed by atoms with Gasteiger partial charge in [-0.05, 0) is 45.4 Å². The monoisotopic (exact) mass is 210 g/mol. The van der Waals surface area contributed by atoms with Crippen LogP contribution in [0.15, 0.2) is 12.2 Å². The van der Waals surface area contributed by atoms with Crippen LogP contribution in [0.4, 0.5) is 0 Å². The second kappa shape index (κ2) is 5.16. The molecule has 0 spiro atoms. The van der Waals surface area contributed by atoms with Gasteiger partial charge in [0.05, 0.1) is 11.7 Å². The lowest BCUT2D eigenvalue weighted by Gasteiger charge is -2.31. The summed E-state index contributed by atoms with van der Waals surface area (Å²) in [6.07, 6.45) is 8.72. The average Bonchev–Trinajstić information content (AvgIpc) is 2.15. The van der Waals surface area contributed by atoms with Crippen molar-refractivity contribution in [3.8, 4) is 0 Å². The summed E-state index contributed by atoms with van der Waals surface area (Å²) < 4.78 is 5.95. The van der Waals surface area contributed by atoms with Crippen LogP contribution in [0.2, 0.25) is 0 Å². The summed E-state index contributed by atoms with van der Waals surface area (Å²) in [5, 5.41) is 0. The highest BCUT2D eigenvalue weighted by Gasteiger charge is 2.23. The van der Waals surface area contributed by atoms with Crippen LogP contribution in [0.25, 0.3) is 0 Å². The van der Waals surface area contributed by atoms with Crippen LogP contribution in [0, 0.1) is 11.8 Å². The maximum absolute atomic E-state index is 5.95. The first kappa shape index (κ1) is 12.8. The highest BCUT2D eigenvalue weighted by Crippen LogP contribution is 2.29. The molecule has 0 saturated carbocycles. The maximum Gasteiger partial charge on any atom is 0.0763 e. The smallest absolute Gasteiger partial charge is 0.0763 e. The van der Waals surface area contributed by atoms with Crippen molar-refractivity contribution in [1.29, 1.82) is 0 Å². The summed E-state index contributed by atoms with van der Waals surface area (Å²) in [4.78, 5) is 0. The molecule has 0 aromatic carbocycles. The molecule has 0 aliphatic heterocycles. The molecule has 0 heterocycles. The molecule has 88 valence electrons. The van der Waals surface area contributed by atoms with E-state index in [1.54, 1.807) is 0 Å². The summed E-state index contributed by atoms with van der Waals surface area (Å²) in [5.41, 5.74) is -0.0157. The van der Waals surface area contributed by atoms with Crippen LogP contribution in [-0.4, -0.2) is 11.7 Å². The molecule has 2 unspecified atom stereocenters. The van der Waals surface area contributed by atoms with Crippen molar-refractivity contribution in [2.75, 3.05) is 0 Å². The van der Waals surface area contributed by atoms with Gasteiger partial charge in [0.2, 0.25) is 0 Å². The van der Waals surface area contributed by atoms with Gasteiger partial charge in [-0.1, -0.05) is 32.4 Å². The largest absolute Gasteiger partial charge is 0.369 e. The van der Waals surface area contributed by atoms with Crippen molar-refractivity contribution in [3.05, 3.63) is 12.2 Å². The Morgan fingerprint density at radius 2 is 1.93 bits per heavy atom. The molecule has 1 aliphatic rings. The zero-order valence-corrected chi connectivity index (χ0v) is 10.9. The lowest BCUT2D eigenvalue weighted by atomic mass is 9.83. The standard InChI is InChI=1S/C14H26O/c1-6-11(2)12-7-9-13(10-8-12)15-14(3,4)5/h7,9,11-13H,6,8,10H2,1-5H3/t11?,12?,13-/m1/s1.